The summed E-state index contributed by atoms with van der Waals surface area (Å²) in [7, 11) is 1.64. The van der Waals surface area contributed by atoms with Crippen LogP contribution in [0.25, 0.3) is 0 Å². The van der Waals surface area contributed by atoms with Crippen molar-refractivity contribution in [1.29, 1.82) is 0 Å². The summed E-state index contributed by atoms with van der Waals surface area (Å²) in [6.07, 6.45) is -4.37. The maximum Gasteiger partial charge on any atom is 0.416 e. The average Bonchev–Trinajstić information content (AvgIpc) is 2.52. The van der Waals surface area contributed by atoms with Crippen molar-refractivity contribution < 1.29 is 18.0 Å². The Morgan fingerprint density at radius 2 is 1.77 bits per heavy atom. The largest absolute Gasteiger partial charge is 0.416 e. The summed E-state index contributed by atoms with van der Waals surface area (Å²) in [6.45, 7) is 0. The van der Waals surface area contributed by atoms with Crippen LogP contribution in [0.2, 0.25) is 0 Å². The molecule has 0 unspecified atom stereocenters. The second-order valence-corrected chi connectivity index (χ2v) is 5.65. The first-order chi connectivity index (χ1) is 10.4. The van der Waals surface area contributed by atoms with Gasteiger partial charge in [0.1, 0.15) is 0 Å². The van der Waals surface area contributed by atoms with Gasteiger partial charge in [-0.3, -0.25) is 4.79 Å². The lowest BCUT2D eigenvalue weighted by molar-refractivity contribution is -0.137. The molecule has 116 valence electrons. The summed E-state index contributed by atoms with van der Waals surface area (Å²) in [5.41, 5.74) is 0.0403. The predicted molar refractivity (Wildman–Crippen MR) is 82.0 cm³/mol. The molecule has 0 saturated heterocycles. The number of carbonyl (C=O) groups is 1. The van der Waals surface area contributed by atoms with E-state index in [-0.39, 0.29) is 11.7 Å². The summed E-state index contributed by atoms with van der Waals surface area (Å²) < 4.78 is 37.9. The lowest BCUT2D eigenvalue weighted by atomic mass is 10.2. The minimum absolute atomic E-state index is 0.0761. The van der Waals surface area contributed by atoms with Crippen LogP contribution in [0.1, 0.15) is 5.56 Å². The number of carbonyl (C=O) groups excluding carboxylic acids is 1. The first kappa shape index (κ1) is 16.4. The van der Waals surface area contributed by atoms with Gasteiger partial charge >= 0.3 is 6.18 Å². The number of anilines is 1. The highest BCUT2D eigenvalue weighted by atomic mass is 32.2. The predicted octanol–water partition coefficient (Wildman–Crippen LogP) is 4.46. The Morgan fingerprint density at radius 1 is 1.09 bits per heavy atom. The van der Waals surface area contributed by atoms with Gasteiger partial charge in [-0.2, -0.15) is 13.2 Å². The van der Waals surface area contributed by atoms with Crippen molar-refractivity contribution in [2.45, 2.75) is 11.1 Å². The molecule has 22 heavy (non-hydrogen) atoms. The van der Waals surface area contributed by atoms with Gasteiger partial charge in [-0.05, 0) is 30.3 Å². The third-order valence-electron chi connectivity index (χ3n) is 3.04. The fourth-order valence-electron chi connectivity index (χ4n) is 1.80. The Morgan fingerprint density at radius 3 is 2.41 bits per heavy atom. The SMILES string of the molecule is CN(C(=O)CSc1cccc(C(F)(F)F)c1)c1ccccc1. The van der Waals surface area contributed by atoms with Crippen LogP contribution in [0.15, 0.2) is 59.5 Å². The van der Waals surface area contributed by atoms with Crippen molar-refractivity contribution in [1.82, 2.24) is 0 Å². The molecule has 0 atom stereocenters. The fourth-order valence-corrected chi connectivity index (χ4v) is 2.67. The van der Waals surface area contributed by atoms with Crippen molar-refractivity contribution >= 4 is 23.4 Å². The van der Waals surface area contributed by atoms with E-state index in [0.717, 1.165) is 29.6 Å². The van der Waals surface area contributed by atoms with Crippen LogP contribution >= 0.6 is 11.8 Å². The van der Waals surface area contributed by atoms with Crippen LogP contribution in [-0.4, -0.2) is 18.7 Å². The highest BCUT2D eigenvalue weighted by Gasteiger charge is 2.30. The van der Waals surface area contributed by atoms with E-state index in [1.807, 2.05) is 18.2 Å². The number of rotatable bonds is 4. The van der Waals surface area contributed by atoms with E-state index >= 15 is 0 Å². The maximum atomic E-state index is 12.6. The van der Waals surface area contributed by atoms with Crippen LogP contribution < -0.4 is 4.90 Å². The van der Waals surface area contributed by atoms with E-state index in [0.29, 0.717) is 4.90 Å². The number of para-hydroxylation sites is 1. The molecule has 0 aliphatic rings. The Kier molecular flexibility index (Phi) is 5.13. The second-order valence-electron chi connectivity index (χ2n) is 4.60. The highest BCUT2D eigenvalue weighted by molar-refractivity contribution is 8.00. The summed E-state index contributed by atoms with van der Waals surface area (Å²) in [5.74, 6) is -0.0965. The van der Waals surface area contributed by atoms with Crippen molar-refractivity contribution in [3.05, 3.63) is 60.2 Å². The monoisotopic (exact) mass is 325 g/mol. The van der Waals surface area contributed by atoms with E-state index < -0.39 is 11.7 Å². The second kappa shape index (κ2) is 6.87. The van der Waals surface area contributed by atoms with E-state index in [2.05, 4.69) is 0 Å². The smallest absolute Gasteiger partial charge is 0.315 e. The summed E-state index contributed by atoms with van der Waals surface area (Å²) in [6, 6.07) is 14.1. The molecule has 0 aliphatic heterocycles. The van der Waals surface area contributed by atoms with Crippen LogP contribution in [0.4, 0.5) is 18.9 Å². The summed E-state index contributed by atoms with van der Waals surface area (Å²) >= 11 is 1.09. The molecule has 1 amide bonds. The number of hydrogen-bond acceptors (Lipinski definition) is 2. The van der Waals surface area contributed by atoms with Gasteiger partial charge in [0.25, 0.3) is 0 Å². The number of halogens is 3. The minimum atomic E-state index is -4.37. The Labute approximate surface area is 130 Å². The maximum absolute atomic E-state index is 12.6. The third kappa shape index (κ3) is 4.27. The standard InChI is InChI=1S/C16H14F3NOS/c1-20(13-7-3-2-4-8-13)15(21)11-22-14-9-5-6-12(10-14)16(17,18)19/h2-10H,11H2,1H3. The molecule has 0 heterocycles. The lowest BCUT2D eigenvalue weighted by Gasteiger charge is -2.17. The number of thioether (sulfide) groups is 1. The highest BCUT2D eigenvalue weighted by Crippen LogP contribution is 2.32. The number of hydrogen-bond donors (Lipinski definition) is 0. The van der Waals surface area contributed by atoms with Crippen LogP contribution in [0.3, 0.4) is 0 Å². The first-order valence-electron chi connectivity index (χ1n) is 6.49. The Bertz CT molecular complexity index is 643. The van der Waals surface area contributed by atoms with Gasteiger partial charge in [-0.1, -0.05) is 24.3 Å². The number of amides is 1. The lowest BCUT2D eigenvalue weighted by Crippen LogP contribution is -2.27. The molecular weight excluding hydrogens is 311 g/mol. The Hall–Kier alpha value is -1.95. The van der Waals surface area contributed by atoms with Gasteiger partial charge in [-0.15, -0.1) is 11.8 Å². The molecule has 2 rings (SSSR count). The molecule has 0 spiro atoms. The third-order valence-corrected chi connectivity index (χ3v) is 4.02. The Balaban J connectivity index is 2.00. The molecule has 0 bridgehead atoms. The van der Waals surface area contributed by atoms with Gasteiger partial charge in [-0.25, -0.2) is 0 Å². The van der Waals surface area contributed by atoms with Crippen molar-refractivity contribution in [3.8, 4) is 0 Å². The van der Waals surface area contributed by atoms with E-state index in [1.54, 1.807) is 25.2 Å². The number of nitrogens with zero attached hydrogens (tertiary/aromatic N) is 1. The van der Waals surface area contributed by atoms with Gasteiger partial charge in [0.2, 0.25) is 5.91 Å². The zero-order valence-electron chi connectivity index (χ0n) is 11.8. The first-order valence-corrected chi connectivity index (χ1v) is 7.48. The van der Waals surface area contributed by atoms with E-state index in [4.69, 9.17) is 0 Å². The molecule has 6 heteroatoms. The van der Waals surface area contributed by atoms with Crippen LogP contribution in [0, 0.1) is 0 Å². The quantitative estimate of drug-likeness (QED) is 0.774. The summed E-state index contributed by atoms with van der Waals surface area (Å²) in [4.78, 5) is 14.0. The van der Waals surface area contributed by atoms with E-state index in [1.165, 1.54) is 11.0 Å². The molecule has 0 N–H and O–H groups in total. The normalized spacial score (nSPS) is 11.3. The molecule has 0 fully saturated rings. The molecule has 2 nitrogen and oxygen atoms in total. The van der Waals surface area contributed by atoms with Crippen LogP contribution in [-0.2, 0) is 11.0 Å². The zero-order valence-corrected chi connectivity index (χ0v) is 12.6. The summed E-state index contributed by atoms with van der Waals surface area (Å²) in [5, 5.41) is 0. The topological polar surface area (TPSA) is 20.3 Å². The molecule has 0 aromatic heterocycles. The number of benzene rings is 2. The van der Waals surface area contributed by atoms with E-state index in [9.17, 15) is 18.0 Å². The molecule has 0 radical (unpaired) electrons. The zero-order chi connectivity index (χ0) is 16.2. The average molecular weight is 325 g/mol. The van der Waals surface area contributed by atoms with Gasteiger partial charge in [0.15, 0.2) is 0 Å². The van der Waals surface area contributed by atoms with Crippen LogP contribution in [0.5, 0.6) is 0 Å². The molecule has 2 aromatic rings. The van der Waals surface area contributed by atoms with Gasteiger partial charge < -0.3 is 4.90 Å². The van der Waals surface area contributed by atoms with Crippen molar-refractivity contribution in [2.24, 2.45) is 0 Å². The van der Waals surface area contributed by atoms with Gasteiger partial charge in [0, 0.05) is 17.6 Å². The van der Waals surface area contributed by atoms with Gasteiger partial charge in [0.05, 0.1) is 11.3 Å². The molecular formula is C16H14F3NOS. The molecule has 0 saturated carbocycles. The molecule has 0 aliphatic carbocycles. The fraction of sp³-hybridized carbons (Fsp3) is 0.188. The van der Waals surface area contributed by atoms with Crippen molar-refractivity contribution in [2.75, 3.05) is 17.7 Å². The number of alkyl halides is 3. The molecule has 2 aromatic carbocycles. The minimum Gasteiger partial charge on any atom is -0.315 e. The van der Waals surface area contributed by atoms with Crippen molar-refractivity contribution in [3.63, 3.8) is 0 Å².